The van der Waals surface area contributed by atoms with Gasteiger partial charge in [0.1, 0.15) is 11.0 Å². The number of sulfonamides is 1. The topological polar surface area (TPSA) is 72.0 Å². The molecule has 0 atom stereocenters. The van der Waals surface area contributed by atoms with Crippen LogP contribution in [0.4, 0.5) is 10.2 Å². The summed E-state index contributed by atoms with van der Waals surface area (Å²) in [5.74, 6) is -0.679. The van der Waals surface area contributed by atoms with Crippen LogP contribution in [-0.2, 0) is 10.0 Å². The first-order valence-corrected chi connectivity index (χ1v) is 6.59. The van der Waals surface area contributed by atoms with Gasteiger partial charge in [0, 0.05) is 0 Å². The molecule has 18 heavy (non-hydrogen) atoms. The number of nitrogens with one attached hydrogen (secondary N) is 1. The summed E-state index contributed by atoms with van der Waals surface area (Å²) in [4.78, 5) is 7.20. The van der Waals surface area contributed by atoms with Gasteiger partial charge >= 0.3 is 0 Å². The molecule has 2 rings (SSSR count). The van der Waals surface area contributed by atoms with E-state index < -0.39 is 15.8 Å². The van der Waals surface area contributed by atoms with E-state index in [4.69, 9.17) is 11.6 Å². The molecule has 0 aliphatic rings. The van der Waals surface area contributed by atoms with Crippen molar-refractivity contribution in [3.63, 3.8) is 0 Å². The standard InChI is InChI=1S/C10H7ClFN3O2S/c11-9-5-13-6-10(14-9)15-18(16,17)8-3-1-2-7(12)4-8/h1-6H,(H,14,15). The van der Waals surface area contributed by atoms with Crippen LogP contribution in [0.3, 0.4) is 0 Å². The highest BCUT2D eigenvalue weighted by Crippen LogP contribution is 2.15. The Labute approximate surface area is 108 Å². The molecule has 1 aromatic heterocycles. The summed E-state index contributed by atoms with van der Waals surface area (Å²) in [5, 5.41) is 0.0504. The predicted octanol–water partition coefficient (Wildman–Crippen LogP) is 2.07. The first-order valence-electron chi connectivity index (χ1n) is 4.73. The molecule has 1 aromatic carbocycles. The Morgan fingerprint density at radius 2 is 2.06 bits per heavy atom. The number of halogens is 2. The first kappa shape index (κ1) is 12.7. The van der Waals surface area contributed by atoms with Gasteiger partial charge in [0.05, 0.1) is 17.3 Å². The molecular weight excluding hydrogens is 281 g/mol. The molecule has 1 N–H and O–H groups in total. The zero-order valence-electron chi connectivity index (χ0n) is 8.84. The molecular formula is C10H7ClFN3O2S. The van der Waals surface area contributed by atoms with Crippen LogP contribution < -0.4 is 4.72 Å². The van der Waals surface area contributed by atoms with E-state index in [1.54, 1.807) is 0 Å². The van der Waals surface area contributed by atoms with E-state index in [0.717, 1.165) is 12.1 Å². The van der Waals surface area contributed by atoms with Gasteiger partial charge < -0.3 is 0 Å². The van der Waals surface area contributed by atoms with Gasteiger partial charge in [-0.15, -0.1) is 0 Å². The third-order valence-corrected chi connectivity index (χ3v) is 3.48. The maximum absolute atomic E-state index is 13.0. The van der Waals surface area contributed by atoms with Gasteiger partial charge in [-0.3, -0.25) is 9.71 Å². The zero-order valence-corrected chi connectivity index (χ0v) is 10.4. The maximum atomic E-state index is 13.0. The number of rotatable bonds is 3. The molecule has 0 spiro atoms. The lowest BCUT2D eigenvalue weighted by molar-refractivity contribution is 0.595. The molecule has 0 bridgehead atoms. The van der Waals surface area contributed by atoms with E-state index in [1.807, 2.05) is 0 Å². The lowest BCUT2D eigenvalue weighted by Gasteiger charge is -2.06. The molecule has 2 aromatic rings. The van der Waals surface area contributed by atoms with Crippen LogP contribution in [0.25, 0.3) is 0 Å². The first-order chi connectivity index (χ1) is 8.47. The smallest absolute Gasteiger partial charge is 0.262 e. The highest BCUT2D eigenvalue weighted by Gasteiger charge is 2.15. The van der Waals surface area contributed by atoms with Crippen molar-refractivity contribution in [2.45, 2.75) is 4.90 Å². The summed E-state index contributed by atoms with van der Waals surface area (Å²) < 4.78 is 38.9. The Balaban J connectivity index is 2.33. The van der Waals surface area contributed by atoms with Crippen molar-refractivity contribution >= 4 is 27.4 Å². The Bertz CT molecular complexity index is 678. The Kier molecular flexibility index (Phi) is 3.44. The number of hydrogen-bond acceptors (Lipinski definition) is 4. The molecule has 94 valence electrons. The normalized spacial score (nSPS) is 11.2. The van der Waals surface area contributed by atoms with Crippen LogP contribution >= 0.6 is 11.6 Å². The van der Waals surface area contributed by atoms with E-state index in [9.17, 15) is 12.8 Å². The van der Waals surface area contributed by atoms with Crippen LogP contribution in [0.1, 0.15) is 0 Å². The fourth-order valence-electron chi connectivity index (χ4n) is 1.22. The van der Waals surface area contributed by atoms with Gasteiger partial charge in [0.15, 0.2) is 5.82 Å². The average molecular weight is 288 g/mol. The van der Waals surface area contributed by atoms with Crippen LogP contribution in [0.15, 0.2) is 41.6 Å². The minimum absolute atomic E-state index is 0.0354. The van der Waals surface area contributed by atoms with Crippen molar-refractivity contribution in [2.24, 2.45) is 0 Å². The van der Waals surface area contributed by atoms with Crippen molar-refractivity contribution in [2.75, 3.05) is 4.72 Å². The summed E-state index contributed by atoms with van der Waals surface area (Å²) in [6.07, 6.45) is 2.46. The van der Waals surface area contributed by atoms with Crippen molar-refractivity contribution < 1.29 is 12.8 Å². The minimum atomic E-state index is -3.90. The number of aromatic nitrogens is 2. The van der Waals surface area contributed by atoms with E-state index in [2.05, 4.69) is 14.7 Å². The monoisotopic (exact) mass is 287 g/mol. The number of anilines is 1. The third-order valence-electron chi connectivity index (χ3n) is 1.95. The molecule has 8 heteroatoms. The van der Waals surface area contributed by atoms with Crippen molar-refractivity contribution in [1.29, 1.82) is 0 Å². The molecule has 0 saturated carbocycles. The second kappa shape index (κ2) is 4.87. The average Bonchev–Trinajstić information content (AvgIpc) is 2.28. The van der Waals surface area contributed by atoms with Gasteiger partial charge in [0.2, 0.25) is 0 Å². The molecule has 5 nitrogen and oxygen atoms in total. The minimum Gasteiger partial charge on any atom is -0.262 e. The Morgan fingerprint density at radius 3 is 2.72 bits per heavy atom. The van der Waals surface area contributed by atoms with Gasteiger partial charge in [0.25, 0.3) is 10.0 Å². The van der Waals surface area contributed by atoms with Crippen LogP contribution in [0.2, 0.25) is 5.15 Å². The molecule has 0 radical (unpaired) electrons. The third kappa shape index (κ3) is 2.93. The summed E-state index contributed by atoms with van der Waals surface area (Å²) in [5.41, 5.74) is 0. The summed E-state index contributed by atoms with van der Waals surface area (Å²) in [6, 6.07) is 4.62. The molecule has 0 aliphatic carbocycles. The molecule has 0 saturated heterocycles. The van der Waals surface area contributed by atoms with E-state index in [0.29, 0.717) is 0 Å². The second-order valence-corrected chi connectivity index (χ2v) is 5.36. The van der Waals surface area contributed by atoms with E-state index in [1.165, 1.54) is 24.5 Å². The second-order valence-electron chi connectivity index (χ2n) is 3.29. The summed E-state index contributed by atoms with van der Waals surface area (Å²) in [6.45, 7) is 0. The summed E-state index contributed by atoms with van der Waals surface area (Å²) >= 11 is 5.58. The van der Waals surface area contributed by atoms with Gasteiger partial charge in [-0.05, 0) is 18.2 Å². The van der Waals surface area contributed by atoms with Crippen LogP contribution in [0.5, 0.6) is 0 Å². The Hall–Kier alpha value is -1.73. The molecule has 0 fully saturated rings. The van der Waals surface area contributed by atoms with Crippen molar-refractivity contribution in [3.05, 3.63) is 47.6 Å². The quantitative estimate of drug-likeness (QED) is 0.938. The van der Waals surface area contributed by atoms with Gasteiger partial charge in [-0.25, -0.2) is 17.8 Å². The number of hydrogen-bond donors (Lipinski definition) is 1. The molecule has 1 heterocycles. The fraction of sp³-hybridized carbons (Fsp3) is 0. The fourth-order valence-corrected chi connectivity index (χ4v) is 2.39. The van der Waals surface area contributed by atoms with Crippen molar-refractivity contribution in [3.8, 4) is 0 Å². The maximum Gasteiger partial charge on any atom is 0.263 e. The predicted molar refractivity (Wildman–Crippen MR) is 64.3 cm³/mol. The molecule has 0 aliphatic heterocycles. The summed E-state index contributed by atoms with van der Waals surface area (Å²) in [7, 11) is -3.90. The number of benzene rings is 1. The van der Waals surface area contributed by atoms with Crippen LogP contribution in [-0.4, -0.2) is 18.4 Å². The van der Waals surface area contributed by atoms with Gasteiger partial charge in [-0.2, -0.15) is 0 Å². The van der Waals surface area contributed by atoms with Crippen molar-refractivity contribution in [1.82, 2.24) is 9.97 Å². The molecule has 0 amide bonds. The Morgan fingerprint density at radius 1 is 1.28 bits per heavy atom. The SMILES string of the molecule is O=S(=O)(Nc1cncc(Cl)n1)c1cccc(F)c1. The lowest BCUT2D eigenvalue weighted by Crippen LogP contribution is -2.14. The van der Waals surface area contributed by atoms with E-state index >= 15 is 0 Å². The zero-order chi connectivity index (χ0) is 13.2. The van der Waals surface area contributed by atoms with Crippen LogP contribution in [0, 0.1) is 5.82 Å². The number of nitrogens with zero attached hydrogens (tertiary/aromatic N) is 2. The highest BCUT2D eigenvalue weighted by atomic mass is 35.5. The lowest BCUT2D eigenvalue weighted by atomic mass is 10.4. The largest absolute Gasteiger partial charge is 0.263 e. The molecule has 0 unspecified atom stereocenters. The van der Waals surface area contributed by atoms with Gasteiger partial charge in [-0.1, -0.05) is 17.7 Å². The highest BCUT2D eigenvalue weighted by molar-refractivity contribution is 7.92. The van der Waals surface area contributed by atoms with E-state index in [-0.39, 0.29) is 15.9 Å².